The lowest BCUT2D eigenvalue weighted by atomic mass is 10.1. The SMILES string of the molecule is CCCCCCCCCCCCCC(N(C(=O)OCc1ccccc1)c1ccc(C(=O)Cl)cc1)[Si](C)(C)C. The van der Waals surface area contributed by atoms with Crippen molar-refractivity contribution in [1.29, 1.82) is 0 Å². The van der Waals surface area contributed by atoms with Crippen LogP contribution in [0.25, 0.3) is 0 Å². The molecular weight excluding hydrogens is 510 g/mol. The van der Waals surface area contributed by atoms with Crippen LogP contribution >= 0.6 is 11.6 Å². The fourth-order valence-corrected chi connectivity index (χ4v) is 7.13. The minimum absolute atomic E-state index is 0.0851. The molecule has 38 heavy (non-hydrogen) atoms. The summed E-state index contributed by atoms with van der Waals surface area (Å²) in [4.78, 5) is 27.0. The predicted molar refractivity (Wildman–Crippen MR) is 164 cm³/mol. The van der Waals surface area contributed by atoms with E-state index in [1.807, 2.05) is 47.4 Å². The summed E-state index contributed by atoms with van der Waals surface area (Å²) in [6, 6.07) is 16.8. The van der Waals surface area contributed by atoms with E-state index in [2.05, 4.69) is 26.6 Å². The van der Waals surface area contributed by atoms with Crippen molar-refractivity contribution in [1.82, 2.24) is 0 Å². The average molecular weight is 558 g/mol. The molecule has 6 heteroatoms. The molecule has 1 atom stereocenters. The molecule has 0 N–H and O–H groups in total. The number of nitrogens with zero attached hydrogens (tertiary/aromatic N) is 1. The zero-order valence-electron chi connectivity index (χ0n) is 24.0. The second-order valence-corrected chi connectivity index (χ2v) is 17.2. The Morgan fingerprint density at radius 3 is 1.82 bits per heavy atom. The van der Waals surface area contributed by atoms with Crippen molar-refractivity contribution < 1.29 is 14.3 Å². The van der Waals surface area contributed by atoms with Gasteiger partial charge in [0.15, 0.2) is 0 Å². The van der Waals surface area contributed by atoms with E-state index >= 15 is 0 Å². The molecule has 0 heterocycles. The number of amides is 1. The van der Waals surface area contributed by atoms with Gasteiger partial charge in [-0.1, -0.05) is 128 Å². The summed E-state index contributed by atoms with van der Waals surface area (Å²) < 4.78 is 5.82. The molecule has 0 aromatic heterocycles. The lowest BCUT2D eigenvalue weighted by Gasteiger charge is -2.39. The molecule has 0 aliphatic rings. The number of halogens is 1. The maximum atomic E-state index is 13.6. The maximum Gasteiger partial charge on any atom is 0.414 e. The highest BCUT2D eigenvalue weighted by Crippen LogP contribution is 2.29. The Hall–Kier alpha value is -2.11. The van der Waals surface area contributed by atoms with E-state index in [0.717, 1.165) is 24.1 Å². The first-order valence-electron chi connectivity index (χ1n) is 14.5. The smallest absolute Gasteiger partial charge is 0.414 e. The van der Waals surface area contributed by atoms with Crippen LogP contribution in [-0.2, 0) is 11.3 Å². The molecule has 2 aromatic rings. The fourth-order valence-electron chi connectivity index (χ4n) is 4.91. The number of anilines is 1. The number of hydrogen-bond donors (Lipinski definition) is 0. The van der Waals surface area contributed by atoms with Gasteiger partial charge in [-0.05, 0) is 47.9 Å². The van der Waals surface area contributed by atoms with Crippen LogP contribution in [0.3, 0.4) is 0 Å². The second-order valence-electron chi connectivity index (χ2n) is 11.4. The van der Waals surface area contributed by atoms with Crippen LogP contribution in [0.4, 0.5) is 10.5 Å². The first-order chi connectivity index (χ1) is 18.2. The summed E-state index contributed by atoms with van der Waals surface area (Å²) >= 11 is 5.67. The number of hydrogen-bond acceptors (Lipinski definition) is 3. The average Bonchev–Trinajstić information content (AvgIpc) is 2.90. The van der Waals surface area contributed by atoms with E-state index in [9.17, 15) is 9.59 Å². The monoisotopic (exact) mass is 557 g/mol. The Bertz CT molecular complexity index is 943. The standard InChI is InChI=1S/C32H48ClNO3Si/c1-5-6-7-8-9-10-11-12-13-14-18-21-30(38(2,3)4)34(29-24-22-28(23-25-29)31(33)35)32(36)37-26-27-19-16-15-17-20-27/h15-17,19-20,22-25,30H,5-14,18,21,26H2,1-4H3. The Kier molecular flexibility index (Phi) is 14.8. The summed E-state index contributed by atoms with van der Waals surface area (Å²) in [7, 11) is -1.80. The predicted octanol–water partition coefficient (Wildman–Crippen LogP) is 10.2. The molecule has 0 saturated heterocycles. The molecule has 0 aliphatic carbocycles. The summed E-state index contributed by atoms with van der Waals surface area (Å²) in [6.07, 6.45) is 14.9. The second kappa shape index (κ2) is 17.5. The van der Waals surface area contributed by atoms with Crippen LogP contribution in [0.15, 0.2) is 54.6 Å². The molecule has 4 nitrogen and oxygen atoms in total. The van der Waals surface area contributed by atoms with Crippen molar-refractivity contribution in [3.63, 3.8) is 0 Å². The normalized spacial score (nSPS) is 12.2. The van der Waals surface area contributed by atoms with Crippen LogP contribution in [0.1, 0.15) is 99.9 Å². The largest absolute Gasteiger partial charge is 0.444 e. The molecule has 1 amide bonds. The molecule has 0 spiro atoms. The number of rotatable bonds is 18. The highest BCUT2D eigenvalue weighted by molar-refractivity contribution is 6.78. The van der Waals surface area contributed by atoms with E-state index < -0.39 is 13.3 Å². The van der Waals surface area contributed by atoms with Gasteiger partial charge in [-0.15, -0.1) is 0 Å². The minimum atomic E-state index is -1.80. The molecule has 2 aromatic carbocycles. The third-order valence-electron chi connectivity index (χ3n) is 7.17. The molecule has 0 fully saturated rings. The first kappa shape index (κ1) is 32.1. The molecule has 1 unspecified atom stereocenters. The van der Waals surface area contributed by atoms with Gasteiger partial charge in [-0.2, -0.15) is 0 Å². The highest BCUT2D eigenvalue weighted by Gasteiger charge is 2.36. The lowest BCUT2D eigenvalue weighted by Crippen LogP contribution is -2.54. The Labute approximate surface area is 237 Å². The fraction of sp³-hybridized carbons (Fsp3) is 0.562. The van der Waals surface area contributed by atoms with Gasteiger partial charge in [0.2, 0.25) is 0 Å². The van der Waals surface area contributed by atoms with Crippen LogP contribution in [0, 0.1) is 0 Å². The molecule has 0 aliphatic heterocycles. The van der Waals surface area contributed by atoms with Crippen molar-refractivity contribution >= 4 is 36.7 Å². The molecule has 210 valence electrons. The van der Waals surface area contributed by atoms with Gasteiger partial charge < -0.3 is 4.74 Å². The molecule has 2 rings (SSSR count). The van der Waals surface area contributed by atoms with Gasteiger partial charge >= 0.3 is 6.09 Å². The number of unbranched alkanes of at least 4 members (excludes halogenated alkanes) is 10. The van der Waals surface area contributed by atoms with Gasteiger partial charge in [0.25, 0.3) is 5.24 Å². The van der Waals surface area contributed by atoms with Gasteiger partial charge in [-0.3, -0.25) is 9.69 Å². The summed E-state index contributed by atoms with van der Waals surface area (Å²) in [5.74, 6) is 0. The van der Waals surface area contributed by atoms with Crippen LogP contribution in [0.2, 0.25) is 19.6 Å². The zero-order valence-corrected chi connectivity index (χ0v) is 25.8. The number of carbonyl (C=O) groups is 2. The third kappa shape index (κ3) is 11.7. The van der Waals surface area contributed by atoms with Crippen molar-refractivity contribution in [3.8, 4) is 0 Å². The topological polar surface area (TPSA) is 46.6 Å². The van der Waals surface area contributed by atoms with Gasteiger partial charge in [0.1, 0.15) is 6.61 Å². The van der Waals surface area contributed by atoms with Crippen LogP contribution < -0.4 is 4.90 Å². The Morgan fingerprint density at radius 1 is 0.789 bits per heavy atom. The zero-order chi connectivity index (χ0) is 27.8. The maximum absolute atomic E-state index is 13.6. The van der Waals surface area contributed by atoms with Gasteiger partial charge in [-0.25, -0.2) is 4.79 Å². The molecule has 0 bridgehead atoms. The van der Waals surface area contributed by atoms with Gasteiger partial charge in [0.05, 0.1) is 8.07 Å². The van der Waals surface area contributed by atoms with Crippen molar-refractivity contribution in [2.75, 3.05) is 4.90 Å². The van der Waals surface area contributed by atoms with E-state index in [4.69, 9.17) is 16.3 Å². The molecular formula is C32H48ClNO3Si. The van der Waals surface area contributed by atoms with Crippen molar-refractivity contribution in [2.45, 2.75) is 116 Å². The third-order valence-corrected chi connectivity index (χ3v) is 9.93. The number of ether oxygens (including phenoxy) is 1. The van der Waals surface area contributed by atoms with Crippen LogP contribution in [-0.4, -0.2) is 25.1 Å². The Morgan fingerprint density at radius 2 is 1.32 bits per heavy atom. The van der Waals surface area contributed by atoms with E-state index in [0.29, 0.717) is 5.56 Å². The molecule has 0 radical (unpaired) electrons. The van der Waals surface area contributed by atoms with Crippen LogP contribution in [0.5, 0.6) is 0 Å². The number of benzene rings is 2. The minimum Gasteiger partial charge on any atom is -0.444 e. The quantitative estimate of drug-likeness (QED) is 0.104. The van der Waals surface area contributed by atoms with E-state index in [1.165, 1.54) is 64.2 Å². The Balaban J connectivity index is 2.02. The first-order valence-corrected chi connectivity index (χ1v) is 18.5. The van der Waals surface area contributed by atoms with E-state index in [1.54, 1.807) is 12.1 Å². The van der Waals surface area contributed by atoms with Gasteiger partial charge in [0, 0.05) is 16.9 Å². The molecule has 0 saturated carbocycles. The number of carbonyl (C=O) groups excluding carboxylic acids is 2. The lowest BCUT2D eigenvalue weighted by molar-refractivity contribution is 0.108. The van der Waals surface area contributed by atoms with E-state index in [-0.39, 0.29) is 18.4 Å². The highest BCUT2D eigenvalue weighted by atomic mass is 35.5. The summed E-state index contributed by atoms with van der Waals surface area (Å²) in [5, 5.41) is -0.502. The van der Waals surface area contributed by atoms with Crippen molar-refractivity contribution in [2.24, 2.45) is 0 Å². The van der Waals surface area contributed by atoms with Crippen molar-refractivity contribution in [3.05, 3.63) is 65.7 Å². The summed E-state index contributed by atoms with van der Waals surface area (Å²) in [6.45, 7) is 9.42. The summed E-state index contributed by atoms with van der Waals surface area (Å²) in [5.41, 5.74) is 2.21.